The molecule has 1 aromatic rings. The number of hydrogen-bond acceptors (Lipinski definition) is 5. The molecule has 2 unspecified atom stereocenters. The molecule has 2 heterocycles. The summed E-state index contributed by atoms with van der Waals surface area (Å²) in [7, 11) is 3.53. The van der Waals surface area contributed by atoms with Gasteiger partial charge in [0.1, 0.15) is 0 Å². The van der Waals surface area contributed by atoms with Crippen molar-refractivity contribution in [3.05, 3.63) is 22.4 Å². The molecule has 0 amide bonds. The van der Waals surface area contributed by atoms with Crippen LogP contribution >= 0.6 is 11.3 Å². The van der Waals surface area contributed by atoms with E-state index >= 15 is 0 Å². The lowest BCUT2D eigenvalue weighted by molar-refractivity contribution is -0.00461. The molecule has 4 nitrogen and oxygen atoms in total. The fourth-order valence-electron chi connectivity index (χ4n) is 2.48. The molecule has 1 saturated heterocycles. The molecule has 1 aliphatic rings. The van der Waals surface area contributed by atoms with Crippen LogP contribution in [0.5, 0.6) is 0 Å². The Labute approximate surface area is 119 Å². The van der Waals surface area contributed by atoms with E-state index in [1.54, 1.807) is 25.6 Å². The van der Waals surface area contributed by atoms with Gasteiger partial charge in [0.05, 0.1) is 12.2 Å². The van der Waals surface area contributed by atoms with Crippen LogP contribution < -0.4 is 5.32 Å². The molecule has 0 saturated carbocycles. The summed E-state index contributed by atoms with van der Waals surface area (Å²) in [4.78, 5) is 2.40. The quantitative estimate of drug-likeness (QED) is 0.728. The fourth-order valence-corrected chi connectivity index (χ4v) is 3.19. The smallest absolute Gasteiger partial charge is 0.0971 e. The Morgan fingerprint density at radius 3 is 2.58 bits per heavy atom. The molecule has 1 N–H and O–H groups in total. The number of methoxy groups -OCH3 is 2. The average molecular weight is 284 g/mol. The minimum atomic E-state index is 0.218. The summed E-state index contributed by atoms with van der Waals surface area (Å²) in [6.07, 6.45) is 1.55. The lowest BCUT2D eigenvalue weighted by atomic mass is 10.2. The zero-order chi connectivity index (χ0) is 13.5. The molecular formula is C14H24N2O2S. The van der Waals surface area contributed by atoms with Crippen LogP contribution in [-0.4, -0.2) is 64.1 Å². The number of likely N-dealkylation sites (tertiary alicyclic amines) is 1. The number of thiophene rings is 1. The maximum atomic E-state index is 5.44. The van der Waals surface area contributed by atoms with E-state index in [-0.39, 0.29) is 12.2 Å². The summed E-state index contributed by atoms with van der Waals surface area (Å²) in [5, 5.41) is 7.85. The number of hydrogen-bond donors (Lipinski definition) is 1. The maximum absolute atomic E-state index is 5.44. The highest BCUT2D eigenvalue weighted by Gasteiger charge is 2.32. The third kappa shape index (κ3) is 4.54. The van der Waals surface area contributed by atoms with Crippen molar-refractivity contribution in [1.29, 1.82) is 0 Å². The monoisotopic (exact) mass is 284 g/mol. The Bertz CT molecular complexity index is 333. The summed E-state index contributed by atoms with van der Waals surface area (Å²) >= 11 is 1.77. The molecule has 2 rings (SSSR count). The molecule has 2 atom stereocenters. The van der Waals surface area contributed by atoms with Crippen LogP contribution in [0.25, 0.3) is 0 Å². The highest BCUT2D eigenvalue weighted by Crippen LogP contribution is 2.14. The van der Waals surface area contributed by atoms with Gasteiger partial charge >= 0.3 is 0 Å². The van der Waals surface area contributed by atoms with Crippen LogP contribution in [0.3, 0.4) is 0 Å². The number of nitrogens with zero attached hydrogens (tertiary/aromatic N) is 1. The Morgan fingerprint density at radius 1 is 1.26 bits per heavy atom. The number of rotatable bonds is 8. The van der Waals surface area contributed by atoms with Crippen LogP contribution in [-0.2, 0) is 15.9 Å². The Morgan fingerprint density at radius 2 is 2.00 bits per heavy atom. The molecule has 0 aromatic carbocycles. The first-order chi connectivity index (χ1) is 9.33. The normalized spacial score (nSPS) is 24.1. The van der Waals surface area contributed by atoms with E-state index in [1.807, 2.05) is 0 Å². The van der Waals surface area contributed by atoms with Gasteiger partial charge in [0.15, 0.2) is 0 Å². The first-order valence-electron chi connectivity index (χ1n) is 6.83. The van der Waals surface area contributed by atoms with Crippen LogP contribution in [0.15, 0.2) is 16.8 Å². The van der Waals surface area contributed by atoms with Crippen molar-refractivity contribution in [3.8, 4) is 0 Å². The third-order valence-corrected chi connectivity index (χ3v) is 4.40. The molecule has 0 radical (unpaired) electrons. The standard InChI is InChI=1S/C14H24N2O2S/c1-17-13-9-16(10-14(13)18-2)7-6-15-5-3-12-4-8-19-11-12/h4,8,11,13-15H,3,5-7,9-10H2,1-2H3. The predicted octanol–water partition coefficient (Wildman–Crippen LogP) is 1.23. The van der Waals surface area contributed by atoms with Gasteiger partial charge in [-0.05, 0) is 35.4 Å². The molecule has 108 valence electrons. The second-order valence-electron chi connectivity index (χ2n) is 4.94. The van der Waals surface area contributed by atoms with E-state index in [0.29, 0.717) is 0 Å². The Balaban J connectivity index is 1.56. The van der Waals surface area contributed by atoms with Gasteiger partial charge in [-0.1, -0.05) is 0 Å². The summed E-state index contributed by atoms with van der Waals surface area (Å²) in [5.41, 5.74) is 1.43. The molecule has 1 aliphatic heterocycles. The SMILES string of the molecule is COC1CN(CCNCCc2ccsc2)CC1OC. The molecular weight excluding hydrogens is 260 g/mol. The van der Waals surface area contributed by atoms with Crippen LogP contribution in [0.4, 0.5) is 0 Å². The van der Waals surface area contributed by atoms with Crippen LogP contribution in [0.1, 0.15) is 5.56 Å². The molecule has 19 heavy (non-hydrogen) atoms. The zero-order valence-electron chi connectivity index (χ0n) is 11.8. The molecule has 5 heteroatoms. The lowest BCUT2D eigenvalue weighted by Gasteiger charge is -2.15. The molecule has 0 aliphatic carbocycles. The van der Waals surface area contributed by atoms with Gasteiger partial charge < -0.3 is 14.8 Å². The van der Waals surface area contributed by atoms with Crippen LogP contribution in [0.2, 0.25) is 0 Å². The van der Waals surface area contributed by atoms with Crippen molar-refractivity contribution in [2.45, 2.75) is 18.6 Å². The van der Waals surface area contributed by atoms with E-state index in [9.17, 15) is 0 Å². The average Bonchev–Trinajstić information content (AvgIpc) is 3.06. The minimum absolute atomic E-state index is 0.218. The molecule has 1 aromatic heterocycles. The number of nitrogens with one attached hydrogen (secondary N) is 1. The summed E-state index contributed by atoms with van der Waals surface area (Å²) < 4.78 is 10.9. The Hall–Kier alpha value is -0.460. The maximum Gasteiger partial charge on any atom is 0.0971 e. The van der Waals surface area contributed by atoms with Gasteiger partial charge in [-0.15, -0.1) is 0 Å². The second kappa shape index (κ2) is 7.97. The summed E-state index contributed by atoms with van der Waals surface area (Å²) in [6, 6.07) is 2.19. The highest BCUT2D eigenvalue weighted by atomic mass is 32.1. The van der Waals surface area contributed by atoms with E-state index in [4.69, 9.17) is 9.47 Å². The van der Waals surface area contributed by atoms with Crippen molar-refractivity contribution >= 4 is 11.3 Å². The summed E-state index contributed by atoms with van der Waals surface area (Å²) in [6.45, 7) is 5.08. The highest BCUT2D eigenvalue weighted by molar-refractivity contribution is 7.07. The second-order valence-corrected chi connectivity index (χ2v) is 5.72. The molecule has 1 fully saturated rings. The summed E-state index contributed by atoms with van der Waals surface area (Å²) in [5.74, 6) is 0. The van der Waals surface area contributed by atoms with Crippen molar-refractivity contribution < 1.29 is 9.47 Å². The minimum Gasteiger partial charge on any atom is -0.377 e. The van der Waals surface area contributed by atoms with Gasteiger partial charge in [-0.3, -0.25) is 4.90 Å². The van der Waals surface area contributed by atoms with Crippen molar-refractivity contribution in [2.24, 2.45) is 0 Å². The zero-order valence-corrected chi connectivity index (χ0v) is 12.6. The fraction of sp³-hybridized carbons (Fsp3) is 0.714. The largest absolute Gasteiger partial charge is 0.377 e. The van der Waals surface area contributed by atoms with E-state index in [1.165, 1.54) is 5.56 Å². The van der Waals surface area contributed by atoms with Crippen LogP contribution in [0, 0.1) is 0 Å². The topological polar surface area (TPSA) is 33.7 Å². The van der Waals surface area contributed by atoms with E-state index < -0.39 is 0 Å². The van der Waals surface area contributed by atoms with Gasteiger partial charge in [0.2, 0.25) is 0 Å². The van der Waals surface area contributed by atoms with Crippen molar-refractivity contribution in [3.63, 3.8) is 0 Å². The van der Waals surface area contributed by atoms with Gasteiger partial charge in [0, 0.05) is 40.4 Å². The molecule has 0 bridgehead atoms. The first-order valence-corrected chi connectivity index (χ1v) is 7.77. The van der Waals surface area contributed by atoms with Crippen molar-refractivity contribution in [2.75, 3.05) is 46.9 Å². The van der Waals surface area contributed by atoms with Gasteiger partial charge in [-0.25, -0.2) is 0 Å². The molecule has 0 spiro atoms. The number of ether oxygens (including phenoxy) is 2. The Kier molecular flexibility index (Phi) is 6.26. The van der Waals surface area contributed by atoms with E-state index in [0.717, 1.165) is 39.1 Å². The predicted molar refractivity (Wildman–Crippen MR) is 78.9 cm³/mol. The van der Waals surface area contributed by atoms with Gasteiger partial charge in [0.25, 0.3) is 0 Å². The van der Waals surface area contributed by atoms with Crippen molar-refractivity contribution in [1.82, 2.24) is 10.2 Å². The van der Waals surface area contributed by atoms with E-state index in [2.05, 4.69) is 27.0 Å². The van der Waals surface area contributed by atoms with Gasteiger partial charge in [-0.2, -0.15) is 11.3 Å². The lowest BCUT2D eigenvalue weighted by Crippen LogP contribution is -2.32. The third-order valence-electron chi connectivity index (χ3n) is 3.67. The first kappa shape index (κ1) is 14.9.